The molecule has 1 aromatic carbocycles. The molecule has 3 aromatic rings. The predicted octanol–water partition coefficient (Wildman–Crippen LogP) is 5.47. The number of aromatic nitrogens is 4. The Kier molecular flexibility index (Phi) is 6.11. The van der Waals surface area contributed by atoms with Gasteiger partial charge in [0.2, 0.25) is 5.91 Å². The first kappa shape index (κ1) is 21.9. The smallest absolute Gasteiger partial charge is 0.326 e. The van der Waals surface area contributed by atoms with Crippen LogP contribution in [0, 0.1) is 0 Å². The summed E-state index contributed by atoms with van der Waals surface area (Å²) in [6.07, 6.45) is 0.339. The number of rotatable bonds is 7. The summed E-state index contributed by atoms with van der Waals surface area (Å²) in [5.74, 6) is -0.255. The molecular weight excluding hydrogens is 499 g/mol. The summed E-state index contributed by atoms with van der Waals surface area (Å²) in [5, 5.41) is 11.2. The lowest BCUT2D eigenvalue weighted by molar-refractivity contribution is -0.142. The molecule has 164 valence electrons. The minimum absolute atomic E-state index is 0.00410. The molecule has 1 fully saturated rings. The highest BCUT2D eigenvalue weighted by Gasteiger charge is 2.41. The van der Waals surface area contributed by atoms with E-state index >= 15 is 0 Å². The van der Waals surface area contributed by atoms with E-state index in [1.54, 1.807) is 23.1 Å². The number of carbonyl (C=O) groups is 1. The Morgan fingerprint density at radius 2 is 2.10 bits per heavy atom. The Balaban J connectivity index is 1.40. The number of amides is 1. The molecule has 0 unspecified atom stereocenters. The number of aryl methyl sites for hydroxylation is 1. The maximum Gasteiger partial charge on any atom is 0.436 e. The highest BCUT2D eigenvalue weighted by atomic mass is 79.9. The lowest BCUT2D eigenvalue weighted by atomic mass is 10.2. The standard InChI is InChI=1S/C20H18BrClF3N5O/c21-17-18(13-4-5-13)30(28-19(17)20(23,24)25)7-6-16(31)27-15-3-1-2-12(8-15)10-29-11-14(22)9-26-29/h1-3,8-9,11,13H,4-7,10H2,(H,27,31). The van der Waals surface area contributed by atoms with Gasteiger partial charge in [0.1, 0.15) is 0 Å². The van der Waals surface area contributed by atoms with Crippen molar-refractivity contribution in [3.63, 3.8) is 0 Å². The molecule has 1 amide bonds. The van der Waals surface area contributed by atoms with Crippen LogP contribution in [0.25, 0.3) is 0 Å². The van der Waals surface area contributed by atoms with E-state index in [2.05, 4.69) is 31.4 Å². The number of benzene rings is 1. The van der Waals surface area contributed by atoms with Crippen LogP contribution in [0.15, 0.2) is 41.1 Å². The number of hydrogen-bond acceptors (Lipinski definition) is 3. The number of nitrogens with one attached hydrogen (secondary N) is 1. The number of halogens is 5. The van der Waals surface area contributed by atoms with Crippen molar-refractivity contribution in [2.45, 2.75) is 44.4 Å². The summed E-state index contributed by atoms with van der Waals surface area (Å²) >= 11 is 8.93. The number of hydrogen-bond donors (Lipinski definition) is 1. The minimum Gasteiger partial charge on any atom is -0.326 e. The van der Waals surface area contributed by atoms with Gasteiger partial charge in [-0.25, -0.2) is 0 Å². The quantitative estimate of drug-likeness (QED) is 0.453. The lowest BCUT2D eigenvalue weighted by Crippen LogP contribution is -2.16. The third kappa shape index (κ3) is 5.30. The zero-order chi connectivity index (χ0) is 22.2. The van der Waals surface area contributed by atoms with Gasteiger partial charge in [-0.15, -0.1) is 0 Å². The van der Waals surface area contributed by atoms with Crippen molar-refractivity contribution in [2.24, 2.45) is 0 Å². The molecule has 2 aromatic heterocycles. The van der Waals surface area contributed by atoms with Gasteiger partial charge in [-0.1, -0.05) is 23.7 Å². The monoisotopic (exact) mass is 515 g/mol. The summed E-state index contributed by atoms with van der Waals surface area (Å²) in [6, 6.07) is 7.27. The Bertz CT molecular complexity index is 1110. The molecule has 4 rings (SSSR count). The molecule has 0 spiro atoms. The van der Waals surface area contributed by atoms with E-state index in [-0.39, 0.29) is 29.3 Å². The molecule has 1 N–H and O–H groups in total. The van der Waals surface area contributed by atoms with Crippen LogP contribution in [-0.2, 0) is 24.1 Å². The van der Waals surface area contributed by atoms with Crippen molar-refractivity contribution in [2.75, 3.05) is 5.32 Å². The maximum absolute atomic E-state index is 13.2. The minimum atomic E-state index is -4.55. The normalized spacial score (nSPS) is 14.1. The Morgan fingerprint density at radius 1 is 1.32 bits per heavy atom. The first-order valence-corrected chi connectivity index (χ1v) is 10.8. The highest BCUT2D eigenvalue weighted by Crippen LogP contribution is 2.47. The second kappa shape index (κ2) is 8.66. The summed E-state index contributed by atoms with van der Waals surface area (Å²) < 4.78 is 42.6. The molecule has 1 saturated carbocycles. The van der Waals surface area contributed by atoms with Crippen LogP contribution < -0.4 is 5.32 Å². The van der Waals surface area contributed by atoms with Crippen molar-refractivity contribution < 1.29 is 18.0 Å². The molecule has 0 bridgehead atoms. The van der Waals surface area contributed by atoms with Gasteiger partial charge in [0, 0.05) is 24.2 Å². The summed E-state index contributed by atoms with van der Waals surface area (Å²) in [6.45, 7) is 0.556. The second-order valence-electron chi connectivity index (χ2n) is 7.40. The van der Waals surface area contributed by atoms with E-state index in [9.17, 15) is 18.0 Å². The molecule has 11 heteroatoms. The first-order chi connectivity index (χ1) is 14.7. The fourth-order valence-electron chi connectivity index (χ4n) is 3.34. The molecular formula is C20H18BrClF3N5O. The third-order valence-corrected chi connectivity index (χ3v) is 5.85. The Morgan fingerprint density at radius 3 is 2.74 bits per heavy atom. The predicted molar refractivity (Wildman–Crippen MR) is 113 cm³/mol. The molecule has 1 aliphatic rings. The maximum atomic E-state index is 13.2. The SMILES string of the molecule is O=C(CCn1nc(C(F)(F)F)c(Br)c1C1CC1)Nc1cccc(Cn2cc(Cl)cn2)c1. The number of carbonyl (C=O) groups excluding carboxylic acids is 1. The van der Waals surface area contributed by atoms with E-state index in [4.69, 9.17) is 11.6 Å². The molecule has 31 heavy (non-hydrogen) atoms. The summed E-state index contributed by atoms with van der Waals surface area (Å²) in [4.78, 5) is 12.4. The van der Waals surface area contributed by atoms with E-state index in [0.29, 0.717) is 22.9 Å². The van der Waals surface area contributed by atoms with Gasteiger partial charge in [0.15, 0.2) is 5.69 Å². The fourth-order valence-corrected chi connectivity index (χ4v) is 4.33. The van der Waals surface area contributed by atoms with Gasteiger partial charge in [-0.05, 0) is 46.5 Å². The molecule has 0 saturated heterocycles. The van der Waals surface area contributed by atoms with Crippen LogP contribution in [0.3, 0.4) is 0 Å². The van der Waals surface area contributed by atoms with Crippen molar-refractivity contribution in [1.82, 2.24) is 19.6 Å². The average molecular weight is 517 g/mol. The average Bonchev–Trinajstić information content (AvgIpc) is 3.35. The number of nitrogens with zero attached hydrogens (tertiary/aromatic N) is 4. The number of alkyl halides is 3. The van der Waals surface area contributed by atoms with E-state index in [1.807, 2.05) is 18.2 Å². The van der Waals surface area contributed by atoms with Gasteiger partial charge in [-0.2, -0.15) is 23.4 Å². The van der Waals surface area contributed by atoms with Gasteiger partial charge >= 0.3 is 6.18 Å². The number of anilines is 1. The fraction of sp³-hybridized carbons (Fsp3) is 0.350. The van der Waals surface area contributed by atoms with Gasteiger partial charge in [0.25, 0.3) is 0 Å². The van der Waals surface area contributed by atoms with Crippen molar-refractivity contribution >= 4 is 39.1 Å². The lowest BCUT2D eigenvalue weighted by Gasteiger charge is -2.09. The molecule has 6 nitrogen and oxygen atoms in total. The van der Waals surface area contributed by atoms with E-state index < -0.39 is 11.9 Å². The second-order valence-corrected chi connectivity index (χ2v) is 8.63. The van der Waals surface area contributed by atoms with Crippen molar-refractivity contribution in [3.8, 4) is 0 Å². The summed E-state index contributed by atoms with van der Waals surface area (Å²) in [7, 11) is 0. The molecule has 0 aliphatic heterocycles. The summed E-state index contributed by atoms with van der Waals surface area (Å²) in [5.41, 5.74) is 1.08. The topological polar surface area (TPSA) is 64.7 Å². The van der Waals surface area contributed by atoms with Crippen LogP contribution in [-0.4, -0.2) is 25.5 Å². The van der Waals surface area contributed by atoms with E-state index in [0.717, 1.165) is 18.4 Å². The van der Waals surface area contributed by atoms with Gasteiger partial charge in [-0.3, -0.25) is 14.2 Å². The Hall–Kier alpha value is -2.33. The Labute approximate surface area is 189 Å². The highest BCUT2D eigenvalue weighted by molar-refractivity contribution is 9.10. The molecule has 1 aliphatic carbocycles. The molecule has 0 radical (unpaired) electrons. The van der Waals surface area contributed by atoms with Crippen molar-refractivity contribution in [3.05, 3.63) is 63.1 Å². The van der Waals surface area contributed by atoms with Crippen LogP contribution in [0.4, 0.5) is 18.9 Å². The molecule has 0 atom stereocenters. The van der Waals surface area contributed by atoms with Crippen LogP contribution in [0.2, 0.25) is 5.02 Å². The van der Waals surface area contributed by atoms with Crippen molar-refractivity contribution in [1.29, 1.82) is 0 Å². The van der Waals surface area contributed by atoms with E-state index in [1.165, 1.54) is 4.68 Å². The third-order valence-electron chi connectivity index (χ3n) is 4.87. The molecule has 2 heterocycles. The van der Waals surface area contributed by atoms with Gasteiger partial charge < -0.3 is 5.32 Å². The van der Waals surface area contributed by atoms with Crippen LogP contribution >= 0.6 is 27.5 Å². The van der Waals surface area contributed by atoms with Crippen LogP contribution in [0.5, 0.6) is 0 Å². The van der Waals surface area contributed by atoms with Gasteiger partial charge in [0.05, 0.1) is 34.5 Å². The largest absolute Gasteiger partial charge is 0.436 e. The zero-order valence-corrected chi connectivity index (χ0v) is 18.5. The van der Waals surface area contributed by atoms with Crippen LogP contribution in [0.1, 0.15) is 42.1 Å². The zero-order valence-electron chi connectivity index (χ0n) is 16.2. The first-order valence-electron chi connectivity index (χ1n) is 9.61.